The molecule has 0 aliphatic heterocycles. The van der Waals surface area contributed by atoms with E-state index in [0.29, 0.717) is 42.7 Å². The quantitative estimate of drug-likeness (QED) is 0.222. The molecule has 0 aliphatic rings. The van der Waals surface area contributed by atoms with Gasteiger partial charge in [-0.3, -0.25) is 9.59 Å². The van der Waals surface area contributed by atoms with Gasteiger partial charge in [-0.05, 0) is 54.6 Å². The molecule has 5 rings (SSSR count). The number of rotatable bonds is 6. The second kappa shape index (κ2) is 9.99. The maximum Gasteiger partial charge on any atom is 0.267 e. The van der Waals surface area contributed by atoms with Crippen LogP contribution in [0.2, 0.25) is 10.0 Å². The summed E-state index contributed by atoms with van der Waals surface area (Å²) in [6.07, 6.45) is 0. The van der Waals surface area contributed by atoms with Crippen molar-refractivity contribution in [3.05, 3.63) is 80.5 Å². The predicted octanol–water partition coefficient (Wildman–Crippen LogP) is 7.94. The van der Waals surface area contributed by atoms with Crippen molar-refractivity contribution < 1.29 is 19.1 Å². The summed E-state index contributed by atoms with van der Waals surface area (Å²) < 4.78 is 12.2. The van der Waals surface area contributed by atoms with Crippen molar-refractivity contribution in [1.29, 1.82) is 0 Å². The minimum Gasteiger partial charge on any atom is -0.497 e. The van der Waals surface area contributed by atoms with Crippen molar-refractivity contribution in [3.63, 3.8) is 0 Å². The second-order valence-electron chi connectivity index (χ2n) is 7.70. The molecule has 3 aromatic carbocycles. The molecule has 0 fully saturated rings. The fourth-order valence-electron chi connectivity index (χ4n) is 3.69. The van der Waals surface area contributed by atoms with Crippen LogP contribution in [0.15, 0.2) is 60.7 Å². The molecular weight excluding hydrogens is 539 g/mol. The van der Waals surface area contributed by atoms with Crippen LogP contribution < -0.4 is 20.1 Å². The summed E-state index contributed by atoms with van der Waals surface area (Å²) in [5.74, 6) is 0.692. The van der Waals surface area contributed by atoms with Gasteiger partial charge in [0.1, 0.15) is 21.3 Å². The standard InChI is InChI=1S/C26H18Cl2N2O4S2/c1-33-15-6-8-17-19(11-15)35-23(21(17)27)25(31)29-13-4-3-5-14(10-13)30-26(32)24-22(28)18-9-7-16(34-2)12-20(18)36-24/h3-12H,1-2H3,(H,29,31)(H,30,32). The zero-order valence-corrected chi connectivity index (χ0v) is 22.1. The Labute approximate surface area is 224 Å². The third-order valence-electron chi connectivity index (χ3n) is 5.46. The van der Waals surface area contributed by atoms with Gasteiger partial charge in [0.25, 0.3) is 11.8 Å². The monoisotopic (exact) mass is 556 g/mol. The third-order valence-corrected chi connectivity index (χ3v) is 8.78. The van der Waals surface area contributed by atoms with Gasteiger partial charge >= 0.3 is 0 Å². The molecule has 182 valence electrons. The van der Waals surface area contributed by atoms with E-state index in [9.17, 15) is 9.59 Å². The van der Waals surface area contributed by atoms with Gasteiger partial charge < -0.3 is 20.1 Å². The number of benzene rings is 3. The first-order valence-electron chi connectivity index (χ1n) is 10.6. The number of halogens is 2. The van der Waals surface area contributed by atoms with Crippen LogP contribution in [0, 0.1) is 0 Å². The first-order chi connectivity index (χ1) is 17.4. The Hall–Kier alpha value is -3.30. The van der Waals surface area contributed by atoms with E-state index in [-0.39, 0.29) is 11.8 Å². The predicted molar refractivity (Wildman–Crippen MR) is 149 cm³/mol. The Morgan fingerprint density at radius 2 is 1.14 bits per heavy atom. The van der Waals surface area contributed by atoms with Crippen LogP contribution in [-0.2, 0) is 0 Å². The number of hydrogen-bond donors (Lipinski definition) is 2. The fraction of sp³-hybridized carbons (Fsp3) is 0.0769. The SMILES string of the molecule is COc1ccc2c(Cl)c(C(=O)Nc3cccc(NC(=O)c4sc5cc(OC)ccc5c4Cl)c3)sc2c1. The Morgan fingerprint density at radius 1 is 0.694 bits per heavy atom. The minimum absolute atomic E-state index is 0.342. The molecule has 36 heavy (non-hydrogen) atoms. The Balaban J connectivity index is 1.35. The lowest BCUT2D eigenvalue weighted by Gasteiger charge is -2.08. The van der Waals surface area contributed by atoms with Gasteiger partial charge in [0.15, 0.2) is 0 Å². The topological polar surface area (TPSA) is 76.7 Å². The number of fused-ring (bicyclic) bond motifs is 2. The largest absolute Gasteiger partial charge is 0.497 e. The smallest absolute Gasteiger partial charge is 0.267 e. The molecule has 0 atom stereocenters. The average Bonchev–Trinajstić information content (AvgIpc) is 3.40. The van der Waals surface area contributed by atoms with Crippen LogP contribution >= 0.6 is 45.9 Å². The number of nitrogens with one attached hydrogen (secondary N) is 2. The summed E-state index contributed by atoms with van der Waals surface area (Å²) in [6, 6.07) is 17.8. The summed E-state index contributed by atoms with van der Waals surface area (Å²) in [7, 11) is 3.17. The number of thiophene rings is 2. The number of hydrogen-bond acceptors (Lipinski definition) is 6. The average molecular weight is 557 g/mol. The molecular formula is C26H18Cl2N2O4S2. The summed E-state index contributed by atoms with van der Waals surface area (Å²) in [4.78, 5) is 26.7. The van der Waals surface area contributed by atoms with Gasteiger partial charge in [0.2, 0.25) is 0 Å². The molecule has 0 bridgehead atoms. The Bertz CT molecular complexity index is 1530. The minimum atomic E-state index is -0.342. The summed E-state index contributed by atoms with van der Waals surface area (Å²) in [5, 5.41) is 8.05. The molecule has 0 saturated heterocycles. The number of amides is 2. The lowest BCUT2D eigenvalue weighted by molar-refractivity contribution is 0.102. The maximum atomic E-state index is 13.0. The van der Waals surface area contributed by atoms with Crippen molar-refractivity contribution in [2.75, 3.05) is 24.9 Å². The lowest BCUT2D eigenvalue weighted by atomic mass is 10.2. The third kappa shape index (κ3) is 4.60. The number of methoxy groups -OCH3 is 2. The highest BCUT2D eigenvalue weighted by molar-refractivity contribution is 7.22. The van der Waals surface area contributed by atoms with Crippen molar-refractivity contribution in [1.82, 2.24) is 0 Å². The molecule has 0 saturated carbocycles. The Morgan fingerprint density at radius 3 is 1.56 bits per heavy atom. The van der Waals surface area contributed by atoms with Gasteiger partial charge in [-0.2, -0.15) is 0 Å². The summed E-state index contributed by atoms with van der Waals surface area (Å²) >= 11 is 15.5. The van der Waals surface area contributed by atoms with E-state index < -0.39 is 0 Å². The zero-order chi connectivity index (χ0) is 25.4. The van der Waals surface area contributed by atoms with E-state index in [1.54, 1.807) is 50.6 Å². The van der Waals surface area contributed by atoms with Gasteiger partial charge in [-0.1, -0.05) is 29.3 Å². The van der Waals surface area contributed by atoms with E-state index in [1.807, 2.05) is 24.3 Å². The normalized spacial score (nSPS) is 11.0. The number of ether oxygens (including phenoxy) is 2. The molecule has 0 aliphatic carbocycles. The summed E-state index contributed by atoms with van der Waals surface area (Å²) in [5.41, 5.74) is 1.02. The van der Waals surface area contributed by atoms with E-state index >= 15 is 0 Å². The van der Waals surface area contributed by atoms with Crippen LogP contribution in [0.25, 0.3) is 20.2 Å². The number of carbonyl (C=O) groups is 2. The van der Waals surface area contributed by atoms with Crippen LogP contribution in [0.3, 0.4) is 0 Å². The van der Waals surface area contributed by atoms with Crippen molar-refractivity contribution in [3.8, 4) is 11.5 Å². The van der Waals surface area contributed by atoms with Crippen molar-refractivity contribution in [2.24, 2.45) is 0 Å². The van der Waals surface area contributed by atoms with Crippen molar-refractivity contribution in [2.45, 2.75) is 0 Å². The van der Waals surface area contributed by atoms with Crippen LogP contribution in [0.4, 0.5) is 11.4 Å². The summed E-state index contributed by atoms with van der Waals surface area (Å²) in [6.45, 7) is 0. The molecule has 2 amide bonds. The van der Waals surface area contributed by atoms with E-state index in [0.717, 1.165) is 20.2 Å². The second-order valence-corrected chi connectivity index (χ2v) is 10.6. The molecule has 2 N–H and O–H groups in total. The van der Waals surface area contributed by atoms with Crippen LogP contribution in [-0.4, -0.2) is 26.0 Å². The van der Waals surface area contributed by atoms with Gasteiger partial charge in [0, 0.05) is 31.5 Å². The highest BCUT2D eigenvalue weighted by Crippen LogP contribution is 2.39. The van der Waals surface area contributed by atoms with E-state index in [1.165, 1.54) is 22.7 Å². The highest BCUT2D eigenvalue weighted by atomic mass is 35.5. The molecule has 0 radical (unpaired) electrons. The molecule has 0 spiro atoms. The molecule has 2 heterocycles. The fourth-order valence-corrected chi connectivity index (χ4v) is 6.57. The van der Waals surface area contributed by atoms with Gasteiger partial charge in [0.05, 0.1) is 24.3 Å². The van der Waals surface area contributed by atoms with Gasteiger partial charge in [-0.25, -0.2) is 0 Å². The molecule has 5 aromatic rings. The highest BCUT2D eigenvalue weighted by Gasteiger charge is 2.20. The molecule has 2 aromatic heterocycles. The number of carbonyl (C=O) groups excluding carboxylic acids is 2. The lowest BCUT2D eigenvalue weighted by Crippen LogP contribution is -2.13. The van der Waals surface area contributed by atoms with Crippen LogP contribution in [0.1, 0.15) is 19.3 Å². The van der Waals surface area contributed by atoms with Crippen LogP contribution in [0.5, 0.6) is 11.5 Å². The molecule has 6 nitrogen and oxygen atoms in total. The Kier molecular flexibility index (Phi) is 6.77. The zero-order valence-electron chi connectivity index (χ0n) is 19.0. The van der Waals surface area contributed by atoms with Crippen molar-refractivity contribution >= 4 is 89.2 Å². The maximum absolute atomic E-state index is 13.0. The van der Waals surface area contributed by atoms with Gasteiger partial charge in [-0.15, -0.1) is 22.7 Å². The molecule has 0 unspecified atom stereocenters. The van der Waals surface area contributed by atoms with E-state index in [2.05, 4.69) is 10.6 Å². The first-order valence-corrected chi connectivity index (χ1v) is 13.0. The number of anilines is 2. The first kappa shape index (κ1) is 24.4. The van der Waals surface area contributed by atoms with E-state index in [4.69, 9.17) is 32.7 Å². The molecule has 10 heteroatoms.